The predicted molar refractivity (Wildman–Crippen MR) is 118 cm³/mol. The Morgan fingerprint density at radius 2 is 1.77 bits per heavy atom. The number of ether oxygens (including phenoxy) is 3. The van der Waals surface area contributed by atoms with Gasteiger partial charge in [-0.05, 0) is 56.7 Å². The number of rotatable bonds is 11. The zero-order chi connectivity index (χ0) is 21.9. The molecule has 2 aromatic carbocycles. The van der Waals surface area contributed by atoms with Gasteiger partial charge >= 0.3 is 0 Å². The molecule has 0 aromatic heterocycles. The largest absolute Gasteiger partial charge is 0.494 e. The number of carbonyl (C=O) groups excluding carboxylic acids is 1. The minimum Gasteiger partial charge on any atom is -0.494 e. The average molecular weight is 431 g/mol. The number of hydrogen-bond donors (Lipinski definition) is 0. The summed E-state index contributed by atoms with van der Waals surface area (Å²) in [5.41, 5.74) is 1.03. The monoisotopic (exact) mass is 430 g/mol. The quantitative estimate of drug-likeness (QED) is 0.471. The van der Waals surface area contributed by atoms with Gasteiger partial charge in [0.25, 0.3) is 5.91 Å². The van der Waals surface area contributed by atoms with Gasteiger partial charge in [0, 0.05) is 17.8 Å². The maximum Gasteiger partial charge on any atom is 0.258 e. The molecule has 0 aliphatic carbocycles. The molecular formula is C23H27ClN2O4. The van der Waals surface area contributed by atoms with Gasteiger partial charge in [-0.1, -0.05) is 18.5 Å². The van der Waals surface area contributed by atoms with E-state index in [1.54, 1.807) is 41.3 Å². The van der Waals surface area contributed by atoms with Crippen LogP contribution in [0.1, 0.15) is 44.0 Å². The van der Waals surface area contributed by atoms with Crippen LogP contribution in [0.25, 0.3) is 0 Å². The second kappa shape index (κ2) is 11.9. The molecule has 7 heteroatoms. The summed E-state index contributed by atoms with van der Waals surface area (Å²) in [6.07, 6.45) is 1.02. The normalized spacial score (nSPS) is 10.2. The Kier molecular flexibility index (Phi) is 9.30. The maximum absolute atomic E-state index is 13.3. The van der Waals surface area contributed by atoms with Gasteiger partial charge in [0.15, 0.2) is 11.5 Å². The van der Waals surface area contributed by atoms with Crippen LogP contribution in [-0.4, -0.2) is 32.3 Å². The molecular weight excluding hydrogens is 404 g/mol. The van der Waals surface area contributed by atoms with Gasteiger partial charge in [0.1, 0.15) is 5.75 Å². The van der Waals surface area contributed by atoms with Crippen molar-refractivity contribution in [2.75, 3.05) is 31.3 Å². The average Bonchev–Trinajstić information content (AvgIpc) is 2.74. The maximum atomic E-state index is 13.3. The first-order chi connectivity index (χ1) is 14.5. The van der Waals surface area contributed by atoms with E-state index < -0.39 is 0 Å². The van der Waals surface area contributed by atoms with Crippen LogP contribution in [0.3, 0.4) is 0 Å². The smallest absolute Gasteiger partial charge is 0.258 e. The van der Waals surface area contributed by atoms with Crippen molar-refractivity contribution in [3.8, 4) is 23.3 Å². The van der Waals surface area contributed by atoms with Crippen molar-refractivity contribution in [2.24, 2.45) is 0 Å². The fraction of sp³-hybridized carbons (Fsp3) is 0.391. The summed E-state index contributed by atoms with van der Waals surface area (Å²) in [5.74, 6) is 1.29. The third-order valence-electron chi connectivity index (χ3n) is 4.16. The highest BCUT2D eigenvalue weighted by molar-refractivity contribution is 6.32. The Morgan fingerprint density at radius 3 is 2.37 bits per heavy atom. The standard InChI is InChI=1S/C23H27ClN2O4/c1-4-14-30-22-20(24)15-17(16-21(22)29-6-3)23(27)26(13-7-12-25)18-8-10-19(11-9-18)28-5-2/h8-11,15-16H,4-7,13-14H2,1-3H3. The molecule has 0 radical (unpaired) electrons. The Morgan fingerprint density at radius 1 is 1.07 bits per heavy atom. The van der Waals surface area contributed by atoms with Gasteiger partial charge < -0.3 is 19.1 Å². The minimum absolute atomic E-state index is 0.197. The Balaban J connectivity index is 2.40. The van der Waals surface area contributed by atoms with Crippen LogP contribution in [0.2, 0.25) is 5.02 Å². The molecule has 160 valence electrons. The summed E-state index contributed by atoms with van der Waals surface area (Å²) in [6.45, 7) is 7.47. The molecule has 0 fully saturated rings. The highest BCUT2D eigenvalue weighted by Crippen LogP contribution is 2.37. The van der Waals surface area contributed by atoms with Crippen LogP contribution < -0.4 is 19.1 Å². The fourth-order valence-corrected chi connectivity index (χ4v) is 3.12. The van der Waals surface area contributed by atoms with Crippen LogP contribution >= 0.6 is 11.6 Å². The van der Waals surface area contributed by atoms with E-state index in [-0.39, 0.29) is 18.9 Å². The van der Waals surface area contributed by atoms with Gasteiger partial charge in [0.2, 0.25) is 0 Å². The lowest BCUT2D eigenvalue weighted by atomic mass is 10.1. The molecule has 0 aliphatic rings. The van der Waals surface area contributed by atoms with E-state index in [4.69, 9.17) is 31.1 Å². The highest BCUT2D eigenvalue weighted by atomic mass is 35.5. The van der Waals surface area contributed by atoms with Crippen molar-refractivity contribution in [3.63, 3.8) is 0 Å². The van der Waals surface area contributed by atoms with Crippen LogP contribution in [0, 0.1) is 11.3 Å². The number of anilines is 1. The Labute approximate surface area is 182 Å². The highest BCUT2D eigenvalue weighted by Gasteiger charge is 2.22. The molecule has 1 amide bonds. The van der Waals surface area contributed by atoms with Crippen LogP contribution in [0.15, 0.2) is 36.4 Å². The number of benzene rings is 2. The fourth-order valence-electron chi connectivity index (χ4n) is 2.85. The molecule has 0 unspecified atom stereocenters. The number of halogens is 1. The zero-order valence-corrected chi connectivity index (χ0v) is 18.4. The topological polar surface area (TPSA) is 71.8 Å². The number of nitrogens with zero attached hydrogens (tertiary/aromatic N) is 2. The van der Waals surface area contributed by atoms with E-state index in [0.29, 0.717) is 53.3 Å². The van der Waals surface area contributed by atoms with Gasteiger partial charge in [0.05, 0.1) is 37.3 Å². The summed E-state index contributed by atoms with van der Waals surface area (Å²) < 4.78 is 16.8. The first kappa shape index (κ1) is 23.4. The summed E-state index contributed by atoms with van der Waals surface area (Å²) in [5, 5.41) is 9.35. The molecule has 2 rings (SSSR count). The van der Waals surface area contributed by atoms with E-state index in [2.05, 4.69) is 6.07 Å². The molecule has 30 heavy (non-hydrogen) atoms. The van der Waals surface area contributed by atoms with E-state index >= 15 is 0 Å². The molecule has 0 saturated carbocycles. The molecule has 0 heterocycles. The Hall–Kier alpha value is -2.91. The molecule has 0 atom stereocenters. The zero-order valence-electron chi connectivity index (χ0n) is 17.6. The molecule has 0 N–H and O–H groups in total. The molecule has 6 nitrogen and oxygen atoms in total. The molecule has 0 aliphatic heterocycles. The molecule has 0 saturated heterocycles. The first-order valence-electron chi connectivity index (χ1n) is 10.1. The van der Waals surface area contributed by atoms with Crippen molar-refractivity contribution >= 4 is 23.2 Å². The summed E-state index contributed by atoms with van der Waals surface area (Å²) in [6, 6.07) is 12.5. The van der Waals surface area contributed by atoms with E-state index in [9.17, 15) is 4.79 Å². The van der Waals surface area contributed by atoms with Crippen molar-refractivity contribution < 1.29 is 19.0 Å². The third kappa shape index (κ3) is 6.04. The molecule has 2 aromatic rings. The summed E-state index contributed by atoms with van der Waals surface area (Å²) in [4.78, 5) is 14.9. The lowest BCUT2D eigenvalue weighted by Crippen LogP contribution is -2.31. The van der Waals surface area contributed by atoms with Crippen LogP contribution in [0.4, 0.5) is 5.69 Å². The lowest BCUT2D eigenvalue weighted by molar-refractivity contribution is 0.0987. The van der Waals surface area contributed by atoms with Gasteiger partial charge in [-0.25, -0.2) is 0 Å². The minimum atomic E-state index is -0.278. The van der Waals surface area contributed by atoms with E-state index in [1.807, 2.05) is 20.8 Å². The van der Waals surface area contributed by atoms with E-state index in [1.165, 1.54) is 0 Å². The van der Waals surface area contributed by atoms with Crippen LogP contribution in [0.5, 0.6) is 17.2 Å². The second-order valence-corrected chi connectivity index (χ2v) is 6.77. The Bertz CT molecular complexity index is 878. The van der Waals surface area contributed by atoms with Gasteiger partial charge in [-0.3, -0.25) is 4.79 Å². The summed E-state index contributed by atoms with van der Waals surface area (Å²) in [7, 11) is 0. The number of hydrogen-bond acceptors (Lipinski definition) is 5. The number of amides is 1. The first-order valence-corrected chi connectivity index (χ1v) is 10.4. The van der Waals surface area contributed by atoms with Gasteiger partial charge in [-0.15, -0.1) is 0 Å². The van der Waals surface area contributed by atoms with Gasteiger partial charge in [-0.2, -0.15) is 5.26 Å². The number of nitriles is 1. The molecule has 0 spiro atoms. The van der Waals surface area contributed by atoms with Crippen LogP contribution in [-0.2, 0) is 0 Å². The molecule has 0 bridgehead atoms. The third-order valence-corrected chi connectivity index (χ3v) is 4.44. The lowest BCUT2D eigenvalue weighted by Gasteiger charge is -2.23. The SMILES string of the molecule is CCCOc1c(Cl)cc(C(=O)N(CCC#N)c2ccc(OCC)cc2)cc1OCC. The van der Waals surface area contributed by atoms with Crippen molar-refractivity contribution in [1.82, 2.24) is 0 Å². The number of carbonyl (C=O) groups is 1. The van der Waals surface area contributed by atoms with Crippen molar-refractivity contribution in [3.05, 3.63) is 47.0 Å². The van der Waals surface area contributed by atoms with E-state index in [0.717, 1.165) is 6.42 Å². The second-order valence-electron chi connectivity index (χ2n) is 6.36. The van der Waals surface area contributed by atoms with Crippen molar-refractivity contribution in [2.45, 2.75) is 33.6 Å². The predicted octanol–water partition coefficient (Wildman–Crippen LogP) is 5.49. The van der Waals surface area contributed by atoms with Crippen molar-refractivity contribution in [1.29, 1.82) is 5.26 Å². The summed E-state index contributed by atoms with van der Waals surface area (Å²) >= 11 is 6.42.